The summed E-state index contributed by atoms with van der Waals surface area (Å²) in [6.45, 7) is 11.2. The number of nitrogens with zero attached hydrogens (tertiary/aromatic N) is 1. The molecule has 1 saturated heterocycles. The van der Waals surface area contributed by atoms with Crippen LogP contribution in [0.3, 0.4) is 0 Å². The Kier molecular flexibility index (Phi) is 18.4. The molecule has 0 spiro atoms. The summed E-state index contributed by atoms with van der Waals surface area (Å²) in [6.07, 6.45) is 1.03. The van der Waals surface area contributed by atoms with Crippen molar-refractivity contribution in [3.8, 4) is 0 Å². The van der Waals surface area contributed by atoms with E-state index in [0.717, 1.165) is 23.1 Å². The van der Waals surface area contributed by atoms with Gasteiger partial charge in [0.05, 0.1) is 6.54 Å². The van der Waals surface area contributed by atoms with E-state index in [1.807, 2.05) is 91.0 Å². The van der Waals surface area contributed by atoms with Gasteiger partial charge in [-0.25, -0.2) is 0 Å². The maximum atomic E-state index is 14.0. The van der Waals surface area contributed by atoms with E-state index in [2.05, 4.69) is 0 Å². The van der Waals surface area contributed by atoms with Crippen LogP contribution in [-0.4, -0.2) is 56.0 Å². The number of hydrogen-bond acceptors (Lipinski definition) is 5. The third-order valence-corrected chi connectivity index (χ3v) is 5.79. The van der Waals surface area contributed by atoms with Gasteiger partial charge in [-0.2, -0.15) is 0 Å². The Balaban J connectivity index is 0.000000997. The average Bonchev–Trinajstić information content (AvgIpc) is 3.25. The van der Waals surface area contributed by atoms with Crippen LogP contribution in [0.5, 0.6) is 0 Å². The summed E-state index contributed by atoms with van der Waals surface area (Å²) in [5.74, 6) is 0. The quantitative estimate of drug-likeness (QED) is 0.173. The van der Waals surface area contributed by atoms with Crippen molar-refractivity contribution in [3.05, 3.63) is 113 Å². The molecule has 3 aromatic carbocycles. The number of aliphatic hydroxyl groups is 4. The second-order valence-electron chi connectivity index (χ2n) is 10.8. The van der Waals surface area contributed by atoms with Crippen molar-refractivity contribution in [1.29, 1.82) is 0 Å². The molecule has 0 aliphatic carbocycles. The number of hydrogen-bond donors (Lipinski definition) is 4. The molecule has 4 rings (SSSR count). The fourth-order valence-electron chi connectivity index (χ4n) is 4.51. The van der Waals surface area contributed by atoms with Crippen LogP contribution in [-0.2, 0) is 33.9 Å². The standard InChI is InChI=1S/C24H25NO2.3C3H8O.Ti/c26-24(21-13-6-2-7-14-21,22-15-8-3-9-16-22)23-17-10-18-25(23,27)19-20-11-4-1-5-12-20;3*1-3(2)4;/h1-9,11-16,23,26H,10,17-19H2;3*3-4H,1-2H3;/t23-,25+;;;;/m0..../s1. The zero-order valence-electron chi connectivity index (χ0n) is 24.9. The maximum absolute atomic E-state index is 14.0. The van der Waals surface area contributed by atoms with Crippen molar-refractivity contribution in [3.63, 3.8) is 0 Å². The van der Waals surface area contributed by atoms with Crippen LogP contribution in [0.25, 0.3) is 0 Å². The molecule has 1 heterocycles. The first-order chi connectivity index (χ1) is 18.3. The van der Waals surface area contributed by atoms with E-state index in [0.29, 0.717) is 19.5 Å². The van der Waals surface area contributed by atoms with Gasteiger partial charge in [0.2, 0.25) is 0 Å². The average molecular weight is 588 g/mol. The first-order valence-electron chi connectivity index (χ1n) is 13.8. The maximum Gasteiger partial charge on any atom is 0.167 e. The van der Waals surface area contributed by atoms with E-state index < -0.39 is 16.3 Å². The topological polar surface area (TPSA) is 104 Å². The van der Waals surface area contributed by atoms with Gasteiger partial charge in [-0.15, -0.1) is 0 Å². The normalized spacial score (nSPS) is 18.0. The molecule has 4 N–H and O–H groups in total. The summed E-state index contributed by atoms with van der Waals surface area (Å²) in [5, 5.41) is 50.2. The summed E-state index contributed by atoms with van der Waals surface area (Å²) in [4.78, 5) is 0. The molecular weight excluding hydrogens is 538 g/mol. The zero-order chi connectivity index (χ0) is 29.5. The molecule has 0 saturated carbocycles. The molecule has 0 aromatic heterocycles. The third kappa shape index (κ3) is 13.2. The van der Waals surface area contributed by atoms with Gasteiger partial charge in [-0.05, 0) is 52.7 Å². The first kappa shape index (κ1) is 38.1. The number of quaternary nitrogens is 1. The van der Waals surface area contributed by atoms with Crippen LogP contribution in [0.2, 0.25) is 0 Å². The van der Waals surface area contributed by atoms with Crippen molar-refractivity contribution >= 4 is 0 Å². The molecular formula is C33H49NO5Ti. The van der Waals surface area contributed by atoms with E-state index >= 15 is 0 Å². The smallest absolute Gasteiger partial charge is 0.167 e. The van der Waals surface area contributed by atoms with E-state index in [-0.39, 0.29) is 40.0 Å². The zero-order valence-corrected chi connectivity index (χ0v) is 26.5. The summed E-state index contributed by atoms with van der Waals surface area (Å²) >= 11 is 0. The second kappa shape index (κ2) is 19.3. The van der Waals surface area contributed by atoms with Crippen molar-refractivity contribution in [2.45, 2.75) is 90.9 Å². The minimum absolute atomic E-state index is 0. The third-order valence-electron chi connectivity index (χ3n) is 5.79. The molecule has 1 fully saturated rings. The van der Waals surface area contributed by atoms with E-state index in [1.54, 1.807) is 41.5 Å². The van der Waals surface area contributed by atoms with Crippen molar-refractivity contribution in [1.82, 2.24) is 0 Å². The fourth-order valence-corrected chi connectivity index (χ4v) is 4.51. The number of hydroxylamine groups is 3. The minimum atomic E-state index is -1.31. The summed E-state index contributed by atoms with van der Waals surface area (Å²) in [7, 11) is 0. The van der Waals surface area contributed by atoms with Gasteiger partial charge in [0.25, 0.3) is 0 Å². The SMILES string of the molecule is CC(C)O.CC(C)O.CC(C)O.[O-][N@@+]1(Cc2ccccc2)CCC[C@H]1C(O)(c1ccccc1)c1ccccc1.[Ti]. The molecule has 7 heteroatoms. The monoisotopic (exact) mass is 587 g/mol. The van der Waals surface area contributed by atoms with Crippen LogP contribution >= 0.6 is 0 Å². The summed E-state index contributed by atoms with van der Waals surface area (Å²) in [6, 6.07) is 28.7. The van der Waals surface area contributed by atoms with Gasteiger partial charge in [0, 0.05) is 58.4 Å². The van der Waals surface area contributed by atoms with Crippen molar-refractivity contribution in [2.75, 3.05) is 6.54 Å². The first-order valence-corrected chi connectivity index (χ1v) is 13.8. The molecule has 0 bridgehead atoms. The molecule has 3 aromatic rings. The van der Waals surface area contributed by atoms with Crippen LogP contribution in [0.1, 0.15) is 71.1 Å². The molecule has 0 radical (unpaired) electrons. The Bertz CT molecular complexity index is 957. The largest absolute Gasteiger partial charge is 0.632 e. The molecule has 40 heavy (non-hydrogen) atoms. The van der Waals surface area contributed by atoms with Gasteiger partial charge < -0.3 is 30.3 Å². The van der Waals surface area contributed by atoms with E-state index in [9.17, 15) is 10.3 Å². The number of benzene rings is 3. The molecule has 2 atom stereocenters. The molecule has 220 valence electrons. The van der Waals surface area contributed by atoms with Crippen molar-refractivity contribution in [2.24, 2.45) is 0 Å². The summed E-state index contributed by atoms with van der Waals surface area (Å²) < 4.78 is -0.399. The molecule has 6 nitrogen and oxygen atoms in total. The minimum Gasteiger partial charge on any atom is -0.632 e. The molecule has 1 aliphatic heterocycles. The number of likely N-dealkylation sites (tertiary alicyclic amines) is 1. The van der Waals surface area contributed by atoms with E-state index in [1.165, 1.54) is 0 Å². The van der Waals surface area contributed by atoms with Crippen LogP contribution in [0.4, 0.5) is 0 Å². The molecule has 0 amide bonds. The predicted octanol–water partition coefficient (Wildman–Crippen LogP) is 5.76. The number of rotatable bonds is 5. The Morgan fingerprint density at radius 3 is 1.38 bits per heavy atom. The Morgan fingerprint density at radius 2 is 1.02 bits per heavy atom. The summed E-state index contributed by atoms with van der Waals surface area (Å²) in [5.41, 5.74) is 1.28. The van der Waals surface area contributed by atoms with Crippen molar-refractivity contribution < 1.29 is 46.8 Å². The Hall–Kier alpha value is -1.87. The van der Waals surface area contributed by atoms with Gasteiger partial charge in [-0.3, -0.25) is 0 Å². The van der Waals surface area contributed by atoms with Gasteiger partial charge in [0.15, 0.2) is 5.60 Å². The van der Waals surface area contributed by atoms with Gasteiger partial charge in [-0.1, -0.05) is 91.0 Å². The van der Waals surface area contributed by atoms with Crippen LogP contribution in [0, 0.1) is 5.21 Å². The molecule has 1 aliphatic rings. The Labute approximate surface area is 256 Å². The van der Waals surface area contributed by atoms with Crippen LogP contribution in [0.15, 0.2) is 91.0 Å². The van der Waals surface area contributed by atoms with Crippen LogP contribution < -0.4 is 0 Å². The van der Waals surface area contributed by atoms with Gasteiger partial charge in [0.1, 0.15) is 12.6 Å². The predicted molar refractivity (Wildman–Crippen MR) is 160 cm³/mol. The fraction of sp³-hybridized carbons (Fsp3) is 0.455. The van der Waals surface area contributed by atoms with Gasteiger partial charge >= 0.3 is 0 Å². The number of aliphatic hydroxyl groups excluding tert-OH is 3. The second-order valence-corrected chi connectivity index (χ2v) is 10.8. The van der Waals surface area contributed by atoms with E-state index in [4.69, 9.17) is 15.3 Å². The Morgan fingerprint density at radius 1 is 0.700 bits per heavy atom. The molecule has 0 unspecified atom stereocenters.